The molecule has 4 heteroatoms. The summed E-state index contributed by atoms with van der Waals surface area (Å²) in [5.74, 6) is 0.540. The molecule has 0 bridgehead atoms. The first-order valence-corrected chi connectivity index (χ1v) is 6.40. The third-order valence-electron chi connectivity index (χ3n) is 5.50. The number of hydrogen-bond donors (Lipinski definition) is 1. The van der Waals surface area contributed by atoms with E-state index in [1.807, 2.05) is 39.8 Å². The molecule has 2 aliphatic rings. The second-order valence-corrected chi connectivity index (χ2v) is 6.37. The van der Waals surface area contributed by atoms with Crippen molar-refractivity contribution in [2.45, 2.75) is 33.1 Å². The zero-order valence-corrected chi connectivity index (χ0v) is 11.6. The van der Waals surface area contributed by atoms with Gasteiger partial charge in [0.25, 0.3) is 0 Å². The number of carboxylic acids is 1. The van der Waals surface area contributed by atoms with Gasteiger partial charge in [-0.3, -0.25) is 4.79 Å². The maximum absolute atomic E-state index is 11.9. The molecule has 1 heterocycles. The Labute approximate surface area is 112 Å². The molecule has 0 saturated heterocycles. The van der Waals surface area contributed by atoms with Crippen LogP contribution in [0.25, 0.3) is 0 Å². The van der Waals surface area contributed by atoms with Crippen LogP contribution in [0.15, 0.2) is 18.2 Å². The molecule has 1 saturated carbocycles. The van der Waals surface area contributed by atoms with E-state index < -0.39 is 11.4 Å². The van der Waals surface area contributed by atoms with Crippen molar-refractivity contribution in [3.05, 3.63) is 23.8 Å². The average Bonchev–Trinajstić information content (AvgIpc) is 2.68. The summed E-state index contributed by atoms with van der Waals surface area (Å²) in [6.07, 6.45) is 0. The summed E-state index contributed by atoms with van der Waals surface area (Å²) in [5.41, 5.74) is -0.695. The Morgan fingerprint density at radius 1 is 1.11 bits per heavy atom. The van der Waals surface area contributed by atoms with Crippen LogP contribution >= 0.6 is 0 Å². The van der Waals surface area contributed by atoms with Crippen molar-refractivity contribution in [3.8, 4) is 11.5 Å². The molecular weight excluding hydrogens is 244 g/mol. The number of aliphatic carboxylic acids is 1. The van der Waals surface area contributed by atoms with Gasteiger partial charge in [-0.25, -0.2) is 0 Å². The SMILES string of the molecule is CC1(C)C(C)(C)C1(C(=O)O)c1ccc2c(c1)OCO2. The molecule has 19 heavy (non-hydrogen) atoms. The van der Waals surface area contributed by atoms with E-state index in [4.69, 9.17) is 9.47 Å². The highest BCUT2D eigenvalue weighted by molar-refractivity contribution is 5.90. The molecule has 0 radical (unpaired) electrons. The molecule has 0 aromatic heterocycles. The Balaban J connectivity index is 2.17. The molecule has 0 unspecified atom stereocenters. The second-order valence-electron chi connectivity index (χ2n) is 6.37. The molecule has 1 aliphatic carbocycles. The molecular formula is C15H18O4. The highest BCUT2D eigenvalue weighted by Crippen LogP contribution is 2.78. The van der Waals surface area contributed by atoms with Gasteiger partial charge < -0.3 is 14.6 Å². The quantitative estimate of drug-likeness (QED) is 0.890. The topological polar surface area (TPSA) is 55.8 Å². The summed E-state index contributed by atoms with van der Waals surface area (Å²) in [5, 5.41) is 9.80. The monoisotopic (exact) mass is 262 g/mol. The summed E-state index contributed by atoms with van der Waals surface area (Å²) in [7, 11) is 0. The van der Waals surface area contributed by atoms with Crippen LogP contribution in [0.5, 0.6) is 11.5 Å². The van der Waals surface area contributed by atoms with E-state index in [1.54, 1.807) is 6.07 Å². The summed E-state index contributed by atoms with van der Waals surface area (Å²) in [4.78, 5) is 11.9. The molecule has 3 rings (SSSR count). The predicted molar refractivity (Wildman–Crippen MR) is 69.4 cm³/mol. The van der Waals surface area contributed by atoms with Crippen molar-refractivity contribution < 1.29 is 19.4 Å². The van der Waals surface area contributed by atoms with Crippen LogP contribution in [0, 0.1) is 10.8 Å². The molecule has 0 atom stereocenters. The van der Waals surface area contributed by atoms with Gasteiger partial charge in [-0.2, -0.15) is 0 Å². The van der Waals surface area contributed by atoms with Gasteiger partial charge in [-0.15, -0.1) is 0 Å². The van der Waals surface area contributed by atoms with Crippen molar-refractivity contribution in [1.29, 1.82) is 0 Å². The van der Waals surface area contributed by atoms with Gasteiger partial charge in [-0.1, -0.05) is 33.8 Å². The van der Waals surface area contributed by atoms with Crippen LogP contribution in [-0.4, -0.2) is 17.9 Å². The van der Waals surface area contributed by atoms with Crippen LogP contribution in [0.1, 0.15) is 33.3 Å². The fourth-order valence-corrected chi connectivity index (χ4v) is 3.82. The number of fused-ring (bicyclic) bond motifs is 1. The maximum atomic E-state index is 11.9. The molecule has 1 fully saturated rings. The first kappa shape index (κ1) is 12.3. The Morgan fingerprint density at radius 2 is 1.68 bits per heavy atom. The molecule has 1 aromatic carbocycles. The lowest BCUT2D eigenvalue weighted by Crippen LogP contribution is -2.27. The second kappa shape index (κ2) is 3.24. The van der Waals surface area contributed by atoms with Gasteiger partial charge in [0, 0.05) is 0 Å². The van der Waals surface area contributed by atoms with Crippen molar-refractivity contribution in [1.82, 2.24) is 0 Å². The van der Waals surface area contributed by atoms with E-state index in [-0.39, 0.29) is 17.6 Å². The van der Waals surface area contributed by atoms with E-state index >= 15 is 0 Å². The Bertz CT molecular complexity index is 558. The first-order valence-electron chi connectivity index (χ1n) is 6.40. The number of hydrogen-bond acceptors (Lipinski definition) is 3. The van der Waals surface area contributed by atoms with Crippen molar-refractivity contribution >= 4 is 5.97 Å². The number of carbonyl (C=O) groups is 1. The minimum absolute atomic E-state index is 0.200. The van der Waals surface area contributed by atoms with Crippen LogP contribution < -0.4 is 9.47 Å². The van der Waals surface area contributed by atoms with E-state index in [2.05, 4.69) is 0 Å². The number of ether oxygens (including phenoxy) is 2. The zero-order chi connectivity index (χ0) is 14.1. The van der Waals surface area contributed by atoms with Gasteiger partial charge in [0.1, 0.15) is 5.41 Å². The summed E-state index contributed by atoms with van der Waals surface area (Å²) >= 11 is 0. The van der Waals surface area contributed by atoms with Gasteiger partial charge >= 0.3 is 5.97 Å². The summed E-state index contributed by atoms with van der Waals surface area (Å²) in [6, 6.07) is 5.46. The fourth-order valence-electron chi connectivity index (χ4n) is 3.82. The smallest absolute Gasteiger partial charge is 0.315 e. The Morgan fingerprint density at radius 3 is 2.21 bits per heavy atom. The third-order valence-corrected chi connectivity index (χ3v) is 5.50. The minimum atomic E-state index is -0.874. The van der Waals surface area contributed by atoms with Gasteiger partial charge in [-0.05, 0) is 28.5 Å². The molecule has 4 nitrogen and oxygen atoms in total. The van der Waals surface area contributed by atoms with Gasteiger partial charge in [0.05, 0.1) is 0 Å². The molecule has 102 valence electrons. The lowest BCUT2D eigenvalue weighted by molar-refractivity contribution is -0.141. The van der Waals surface area contributed by atoms with Crippen LogP contribution in [0.4, 0.5) is 0 Å². The summed E-state index contributed by atoms with van der Waals surface area (Å²) in [6.45, 7) is 8.22. The Kier molecular flexibility index (Phi) is 2.10. The lowest BCUT2D eigenvalue weighted by Gasteiger charge is -2.17. The average molecular weight is 262 g/mol. The largest absolute Gasteiger partial charge is 0.481 e. The van der Waals surface area contributed by atoms with Gasteiger partial charge in [0.15, 0.2) is 11.5 Å². The highest BCUT2D eigenvalue weighted by atomic mass is 16.7. The van der Waals surface area contributed by atoms with Crippen LogP contribution in [0.2, 0.25) is 0 Å². The number of rotatable bonds is 2. The van der Waals surface area contributed by atoms with E-state index in [0.29, 0.717) is 11.5 Å². The molecule has 1 aliphatic heterocycles. The number of carboxylic acid groups (broad SMARTS) is 1. The van der Waals surface area contributed by atoms with E-state index in [9.17, 15) is 9.90 Å². The van der Waals surface area contributed by atoms with Crippen LogP contribution in [-0.2, 0) is 10.2 Å². The highest BCUT2D eigenvalue weighted by Gasteiger charge is 2.82. The van der Waals surface area contributed by atoms with E-state index in [0.717, 1.165) is 5.56 Å². The lowest BCUT2D eigenvalue weighted by atomic mass is 9.86. The standard InChI is InChI=1S/C15H18O4/c1-13(2)14(3,4)15(13,12(16)17)9-5-6-10-11(7-9)19-8-18-10/h5-7H,8H2,1-4H3,(H,16,17). The fraction of sp³-hybridized carbons (Fsp3) is 0.533. The molecule has 1 N–H and O–H groups in total. The van der Waals surface area contributed by atoms with E-state index in [1.165, 1.54) is 0 Å². The van der Waals surface area contributed by atoms with Crippen molar-refractivity contribution in [2.24, 2.45) is 10.8 Å². The molecule has 1 aromatic rings. The van der Waals surface area contributed by atoms with Crippen molar-refractivity contribution in [3.63, 3.8) is 0 Å². The number of benzene rings is 1. The first-order chi connectivity index (χ1) is 8.76. The third kappa shape index (κ3) is 1.13. The zero-order valence-electron chi connectivity index (χ0n) is 11.6. The predicted octanol–water partition coefficient (Wildman–Crippen LogP) is 2.80. The molecule has 0 amide bonds. The van der Waals surface area contributed by atoms with Crippen LogP contribution in [0.3, 0.4) is 0 Å². The van der Waals surface area contributed by atoms with Crippen molar-refractivity contribution in [2.75, 3.05) is 6.79 Å². The molecule has 0 spiro atoms. The van der Waals surface area contributed by atoms with Gasteiger partial charge in [0.2, 0.25) is 6.79 Å². The minimum Gasteiger partial charge on any atom is -0.481 e. The Hall–Kier alpha value is -1.71. The maximum Gasteiger partial charge on any atom is 0.315 e. The normalized spacial score (nSPS) is 24.0. The summed E-state index contributed by atoms with van der Waals surface area (Å²) < 4.78 is 10.6.